The predicted molar refractivity (Wildman–Crippen MR) is 60.7 cm³/mol. The van der Waals surface area contributed by atoms with Crippen LogP contribution in [0.15, 0.2) is 16.7 Å². The van der Waals surface area contributed by atoms with E-state index in [2.05, 4.69) is 5.32 Å². The molecule has 2 rings (SSSR count). The molecule has 0 amide bonds. The van der Waals surface area contributed by atoms with E-state index in [0.29, 0.717) is 18.2 Å². The Morgan fingerprint density at radius 2 is 2.35 bits per heavy atom. The molecule has 17 heavy (non-hydrogen) atoms. The Bertz CT molecular complexity index is 388. The maximum absolute atomic E-state index is 10.6. The fourth-order valence-corrected chi connectivity index (χ4v) is 2.22. The highest BCUT2D eigenvalue weighted by molar-refractivity contribution is 5.87. The highest BCUT2D eigenvalue weighted by Crippen LogP contribution is 2.24. The monoisotopic (exact) mass is 239 g/mol. The quantitative estimate of drug-likeness (QED) is 0.719. The van der Waals surface area contributed by atoms with Crippen molar-refractivity contribution >= 4 is 5.97 Å². The highest BCUT2D eigenvalue weighted by Gasteiger charge is 2.22. The standard InChI is InChI=1S/C12H17NO4/c14-10-2-1-8(3-10)5-13-6-11-4-9(7-17-11)12(15)16/h4,7-8,10,13-14H,1-3,5-6H2,(H,15,16). The molecule has 2 atom stereocenters. The van der Waals surface area contributed by atoms with E-state index in [9.17, 15) is 9.90 Å². The topological polar surface area (TPSA) is 82.7 Å². The lowest BCUT2D eigenvalue weighted by Crippen LogP contribution is -2.21. The summed E-state index contributed by atoms with van der Waals surface area (Å²) in [6, 6.07) is 1.53. The van der Waals surface area contributed by atoms with E-state index < -0.39 is 5.97 Å². The van der Waals surface area contributed by atoms with Gasteiger partial charge in [0.25, 0.3) is 0 Å². The molecule has 1 fully saturated rings. The Hall–Kier alpha value is -1.33. The molecule has 1 heterocycles. The smallest absolute Gasteiger partial charge is 0.338 e. The first-order valence-corrected chi connectivity index (χ1v) is 5.84. The van der Waals surface area contributed by atoms with Crippen molar-refractivity contribution in [2.75, 3.05) is 6.54 Å². The van der Waals surface area contributed by atoms with E-state index >= 15 is 0 Å². The fourth-order valence-electron chi connectivity index (χ4n) is 2.22. The molecule has 5 heteroatoms. The zero-order chi connectivity index (χ0) is 12.3. The second-order valence-electron chi connectivity index (χ2n) is 4.57. The molecule has 94 valence electrons. The maximum Gasteiger partial charge on any atom is 0.338 e. The fraction of sp³-hybridized carbons (Fsp3) is 0.583. The summed E-state index contributed by atoms with van der Waals surface area (Å²) in [6.45, 7) is 1.36. The first-order valence-electron chi connectivity index (χ1n) is 5.84. The van der Waals surface area contributed by atoms with Crippen LogP contribution >= 0.6 is 0 Å². The summed E-state index contributed by atoms with van der Waals surface area (Å²) in [4.78, 5) is 10.6. The van der Waals surface area contributed by atoms with Gasteiger partial charge in [-0.3, -0.25) is 0 Å². The number of aliphatic hydroxyl groups is 1. The molecule has 1 aromatic heterocycles. The summed E-state index contributed by atoms with van der Waals surface area (Å²) in [5, 5.41) is 21.3. The largest absolute Gasteiger partial charge is 0.478 e. The van der Waals surface area contributed by atoms with Crippen molar-refractivity contribution in [1.82, 2.24) is 5.32 Å². The van der Waals surface area contributed by atoms with E-state index in [-0.39, 0.29) is 11.7 Å². The zero-order valence-corrected chi connectivity index (χ0v) is 9.56. The van der Waals surface area contributed by atoms with Crippen molar-refractivity contribution in [1.29, 1.82) is 0 Å². The van der Waals surface area contributed by atoms with Gasteiger partial charge in [0.15, 0.2) is 0 Å². The Morgan fingerprint density at radius 1 is 1.53 bits per heavy atom. The number of furan rings is 1. The molecule has 0 aromatic carbocycles. The molecule has 0 spiro atoms. The van der Waals surface area contributed by atoms with Gasteiger partial charge in [0, 0.05) is 0 Å². The van der Waals surface area contributed by atoms with Gasteiger partial charge in [-0.15, -0.1) is 0 Å². The van der Waals surface area contributed by atoms with E-state index in [1.165, 1.54) is 12.3 Å². The third-order valence-electron chi connectivity index (χ3n) is 3.15. The minimum atomic E-state index is -0.973. The number of rotatable bonds is 5. The summed E-state index contributed by atoms with van der Waals surface area (Å²) in [5.41, 5.74) is 0.179. The molecule has 1 aliphatic rings. The van der Waals surface area contributed by atoms with Crippen LogP contribution in [0.4, 0.5) is 0 Å². The SMILES string of the molecule is O=C(O)c1coc(CNCC2CCC(O)C2)c1. The number of carboxylic acids is 1. The predicted octanol–water partition coefficient (Wildman–Crippen LogP) is 1.23. The number of carbonyl (C=O) groups is 1. The van der Waals surface area contributed by atoms with Crippen LogP contribution in [0.25, 0.3) is 0 Å². The second-order valence-corrected chi connectivity index (χ2v) is 4.57. The molecular formula is C12H17NO4. The van der Waals surface area contributed by atoms with Crippen molar-refractivity contribution in [3.8, 4) is 0 Å². The molecule has 3 N–H and O–H groups in total. The van der Waals surface area contributed by atoms with Crippen LogP contribution < -0.4 is 5.32 Å². The van der Waals surface area contributed by atoms with Crippen LogP contribution in [0, 0.1) is 5.92 Å². The van der Waals surface area contributed by atoms with Gasteiger partial charge in [0.05, 0.1) is 18.2 Å². The Kier molecular flexibility index (Phi) is 3.81. The number of aromatic carboxylic acids is 1. The molecule has 1 aliphatic carbocycles. The van der Waals surface area contributed by atoms with Gasteiger partial charge in [-0.25, -0.2) is 4.79 Å². The van der Waals surface area contributed by atoms with Gasteiger partial charge < -0.3 is 19.9 Å². The molecule has 2 unspecified atom stereocenters. The van der Waals surface area contributed by atoms with Crippen LogP contribution in [0.3, 0.4) is 0 Å². The highest BCUT2D eigenvalue weighted by atomic mass is 16.4. The van der Waals surface area contributed by atoms with Gasteiger partial charge in [0.2, 0.25) is 0 Å². The van der Waals surface area contributed by atoms with Gasteiger partial charge in [-0.2, -0.15) is 0 Å². The van der Waals surface area contributed by atoms with Crippen molar-refractivity contribution < 1.29 is 19.4 Å². The minimum absolute atomic E-state index is 0.149. The third-order valence-corrected chi connectivity index (χ3v) is 3.15. The maximum atomic E-state index is 10.6. The number of carboxylic acid groups (broad SMARTS) is 1. The minimum Gasteiger partial charge on any atom is -0.478 e. The Labute approximate surface area is 99.4 Å². The molecule has 0 bridgehead atoms. The van der Waals surface area contributed by atoms with Crippen LogP contribution in [-0.2, 0) is 6.54 Å². The average Bonchev–Trinajstić information content (AvgIpc) is 2.88. The molecule has 0 radical (unpaired) electrons. The summed E-state index contributed by atoms with van der Waals surface area (Å²) < 4.78 is 5.12. The van der Waals surface area contributed by atoms with Crippen LogP contribution in [-0.4, -0.2) is 28.8 Å². The second kappa shape index (κ2) is 5.33. The van der Waals surface area contributed by atoms with Crippen LogP contribution in [0.2, 0.25) is 0 Å². The van der Waals surface area contributed by atoms with Crippen molar-refractivity contribution in [2.45, 2.75) is 31.9 Å². The first kappa shape index (κ1) is 12.1. The van der Waals surface area contributed by atoms with Gasteiger partial charge in [-0.1, -0.05) is 0 Å². The summed E-state index contributed by atoms with van der Waals surface area (Å²) in [7, 11) is 0. The van der Waals surface area contributed by atoms with Crippen LogP contribution in [0.5, 0.6) is 0 Å². The Balaban J connectivity index is 1.72. The number of hydrogen-bond acceptors (Lipinski definition) is 4. The van der Waals surface area contributed by atoms with E-state index in [1.807, 2.05) is 0 Å². The lowest BCUT2D eigenvalue weighted by atomic mass is 10.1. The zero-order valence-electron chi connectivity index (χ0n) is 9.56. The normalized spacial score (nSPS) is 24.1. The van der Waals surface area contributed by atoms with Gasteiger partial charge in [-0.05, 0) is 37.8 Å². The lowest BCUT2D eigenvalue weighted by molar-refractivity contribution is 0.0696. The Morgan fingerprint density at radius 3 is 2.94 bits per heavy atom. The van der Waals surface area contributed by atoms with Crippen molar-refractivity contribution in [3.05, 3.63) is 23.7 Å². The summed E-state index contributed by atoms with van der Waals surface area (Å²) in [6.07, 6.45) is 3.89. The van der Waals surface area contributed by atoms with Crippen molar-refractivity contribution in [2.24, 2.45) is 5.92 Å². The lowest BCUT2D eigenvalue weighted by Gasteiger charge is -2.09. The van der Waals surface area contributed by atoms with Crippen molar-refractivity contribution in [3.63, 3.8) is 0 Å². The molecule has 1 aromatic rings. The summed E-state index contributed by atoms with van der Waals surface area (Å²) >= 11 is 0. The third kappa shape index (κ3) is 3.31. The summed E-state index contributed by atoms with van der Waals surface area (Å²) in [5.74, 6) is 0.166. The molecule has 5 nitrogen and oxygen atoms in total. The van der Waals surface area contributed by atoms with E-state index in [1.54, 1.807) is 0 Å². The molecule has 0 saturated heterocycles. The molecular weight excluding hydrogens is 222 g/mol. The van der Waals surface area contributed by atoms with E-state index in [4.69, 9.17) is 9.52 Å². The number of aliphatic hydroxyl groups excluding tert-OH is 1. The van der Waals surface area contributed by atoms with Gasteiger partial charge in [0.1, 0.15) is 12.0 Å². The molecule has 1 saturated carbocycles. The number of nitrogens with one attached hydrogen (secondary N) is 1. The first-order chi connectivity index (χ1) is 8.15. The van der Waals surface area contributed by atoms with Crippen LogP contribution in [0.1, 0.15) is 35.4 Å². The number of hydrogen-bond donors (Lipinski definition) is 3. The average molecular weight is 239 g/mol. The van der Waals surface area contributed by atoms with Gasteiger partial charge >= 0.3 is 5.97 Å². The van der Waals surface area contributed by atoms with E-state index in [0.717, 1.165) is 25.8 Å². The molecule has 0 aliphatic heterocycles.